The lowest BCUT2D eigenvalue weighted by atomic mass is 9.94. The molecule has 360 valence electrons. The van der Waals surface area contributed by atoms with E-state index in [4.69, 9.17) is 27.6 Å². The third-order valence-corrected chi connectivity index (χ3v) is 12.9. The molecule has 4 aromatic rings. The lowest BCUT2D eigenvalue weighted by Gasteiger charge is -2.32. The van der Waals surface area contributed by atoms with Crippen LogP contribution in [0.3, 0.4) is 0 Å². The van der Waals surface area contributed by atoms with Gasteiger partial charge in [-0.2, -0.15) is 0 Å². The van der Waals surface area contributed by atoms with Gasteiger partial charge in [0.15, 0.2) is 17.3 Å². The largest absolute Gasteiger partial charge is 0.397 e. The van der Waals surface area contributed by atoms with Crippen LogP contribution in [-0.4, -0.2) is 94.2 Å². The van der Waals surface area contributed by atoms with Crippen LogP contribution < -0.4 is 37.7 Å². The molecule has 2 fully saturated rings. The Labute approximate surface area is 408 Å². The first-order chi connectivity index (χ1) is 34.0. The van der Waals surface area contributed by atoms with Crippen molar-refractivity contribution in [2.45, 2.75) is 64.3 Å². The molecule has 0 unspecified atom stereocenters. The maximum Gasteiger partial charge on any atom is 0.294 e. The van der Waals surface area contributed by atoms with Crippen molar-refractivity contribution in [3.63, 3.8) is 0 Å². The Morgan fingerprint density at radius 2 is 1.46 bits per heavy atom. The number of nitrogen functional groups attached to an aromatic ring is 2. The topological polar surface area (TPSA) is 237 Å². The average molecular weight is 941 g/mol. The molecule has 11 rings (SSSR count). The van der Waals surface area contributed by atoms with Crippen molar-refractivity contribution in [2.24, 2.45) is 32.8 Å². The van der Waals surface area contributed by atoms with Gasteiger partial charge in [-0.05, 0) is 153 Å². The van der Waals surface area contributed by atoms with Crippen LogP contribution in [0.15, 0.2) is 135 Å². The Kier molecular flexibility index (Phi) is 14.4. The molecule has 0 spiro atoms. The molecule has 1 aromatic heterocycles. The fourth-order valence-electron chi connectivity index (χ4n) is 9.14. The van der Waals surface area contributed by atoms with E-state index in [0.717, 1.165) is 136 Å². The summed E-state index contributed by atoms with van der Waals surface area (Å²) in [4.78, 5) is 41.8. The first-order valence-corrected chi connectivity index (χ1v) is 24.3. The zero-order valence-corrected chi connectivity index (χ0v) is 39.8. The summed E-state index contributed by atoms with van der Waals surface area (Å²) in [5, 5.41) is 21.7. The number of ketones is 1. The van der Waals surface area contributed by atoms with Gasteiger partial charge in [0.1, 0.15) is 12.4 Å². The summed E-state index contributed by atoms with van der Waals surface area (Å²) >= 11 is 0. The first kappa shape index (κ1) is 47.0. The zero-order valence-electron chi connectivity index (χ0n) is 39.8. The van der Waals surface area contributed by atoms with Crippen LogP contribution in [0.4, 0.5) is 45.5 Å². The number of hydrazine groups is 1. The van der Waals surface area contributed by atoms with Crippen LogP contribution in [0.25, 0.3) is 0 Å². The third kappa shape index (κ3) is 11.3. The minimum absolute atomic E-state index is 0.0124. The molecule has 0 bridgehead atoms. The Morgan fingerprint density at radius 1 is 0.786 bits per heavy atom. The van der Waals surface area contributed by atoms with Crippen molar-refractivity contribution in [1.82, 2.24) is 14.6 Å². The smallest absolute Gasteiger partial charge is 0.294 e. The predicted octanol–water partition coefficient (Wildman–Crippen LogP) is 6.83. The van der Waals surface area contributed by atoms with E-state index < -0.39 is 0 Å². The number of nitrogens with zero attached hydrogens (tertiary/aromatic N) is 8. The van der Waals surface area contributed by atoms with Gasteiger partial charge in [-0.1, -0.05) is 0 Å². The monoisotopic (exact) mass is 941 g/mol. The molecular formula is C53H62N15O2+. The third-order valence-electron chi connectivity index (χ3n) is 12.9. The quantitative estimate of drug-likeness (QED) is 0.0424. The molecule has 0 radical (unpaired) electrons. The molecule has 17 nitrogen and oxygen atoms in total. The molecule has 1 amide bonds. The fraction of sp³-hybridized carbons (Fsp3) is 0.321. The number of carbonyl (C=O) groups excluding carboxylic acids is 2. The molecule has 0 atom stereocenters. The molecule has 17 heteroatoms. The molecule has 3 aromatic carbocycles. The maximum absolute atomic E-state index is 12.5. The summed E-state index contributed by atoms with van der Waals surface area (Å²) < 4.78 is 4.25. The second-order valence-corrected chi connectivity index (χ2v) is 18.2. The summed E-state index contributed by atoms with van der Waals surface area (Å²) in [6.07, 6.45) is 26.1. The van der Waals surface area contributed by atoms with Gasteiger partial charge in [0.05, 0.1) is 64.9 Å². The molecule has 0 saturated carbocycles. The standard InChI is InChI=1S/C22H27N6.C16H20N6O.C15H15N3O/c1-27-12-13-28(16-27)11-3-10-24-18-5-7-19(8-6-18)26-22-14-17-4-2-9-25-21(17)15-20(22)23;17-11-9-12-10(4-3-5-19-12)8-13(11)20-14-15(18)21-6-1-2-7-22(21)16(14)23;16-13-9-14-10(2-1-7-17-14)8-15(13)18-11-3-5-12(19)6-4-11/h5-8,12-16,24H,2-4,9-11,23H2,1H3;8-9,18-19H,1-7,17H2;3-6,8-9,17H,1-2,7,16H2/q+1;;. The molecule has 10 N–H and O–H groups in total. The van der Waals surface area contributed by atoms with Gasteiger partial charge >= 0.3 is 0 Å². The van der Waals surface area contributed by atoms with E-state index in [2.05, 4.69) is 77.0 Å². The highest BCUT2D eigenvalue weighted by Gasteiger charge is 2.41. The number of imidazole rings is 1. The molecule has 2 aliphatic carbocycles. The Hall–Kier alpha value is -8.08. The summed E-state index contributed by atoms with van der Waals surface area (Å²) in [5.41, 5.74) is 32.2. The second kappa shape index (κ2) is 21.5. The molecule has 2 saturated heterocycles. The lowest BCUT2D eigenvalue weighted by molar-refractivity contribution is -0.671. The molecule has 5 aliphatic heterocycles. The Balaban J connectivity index is 0.000000133. The molecule has 70 heavy (non-hydrogen) atoms. The van der Waals surface area contributed by atoms with Crippen LogP contribution in [0.5, 0.6) is 0 Å². The van der Waals surface area contributed by atoms with Crippen molar-refractivity contribution in [3.8, 4) is 0 Å². The highest BCUT2D eigenvalue weighted by molar-refractivity contribution is 6.68. The highest BCUT2D eigenvalue weighted by atomic mass is 16.2. The number of carbonyl (C=O) groups is 2. The number of nitrogens with one attached hydrogen (secondary N) is 4. The van der Waals surface area contributed by atoms with Gasteiger partial charge in [0.25, 0.3) is 5.91 Å². The number of amidine groups is 1. The van der Waals surface area contributed by atoms with E-state index in [1.54, 1.807) is 22.2 Å². The summed E-state index contributed by atoms with van der Waals surface area (Å²) in [6.45, 7) is 6.13. The summed E-state index contributed by atoms with van der Waals surface area (Å²) in [5.74, 6) is -0.0172. The van der Waals surface area contributed by atoms with Crippen molar-refractivity contribution < 1.29 is 14.2 Å². The highest BCUT2D eigenvalue weighted by Crippen LogP contribution is 2.35. The number of aromatic nitrogens is 2. The molecule has 6 heterocycles. The van der Waals surface area contributed by atoms with Crippen LogP contribution in [0.2, 0.25) is 0 Å². The van der Waals surface area contributed by atoms with Crippen LogP contribution in [0.1, 0.15) is 56.1 Å². The maximum atomic E-state index is 12.5. The minimum Gasteiger partial charge on any atom is -0.397 e. The van der Waals surface area contributed by atoms with E-state index in [1.165, 1.54) is 28.9 Å². The number of benzene rings is 3. The van der Waals surface area contributed by atoms with Crippen molar-refractivity contribution in [2.75, 3.05) is 66.7 Å². The second-order valence-electron chi connectivity index (χ2n) is 18.2. The van der Waals surface area contributed by atoms with E-state index in [-0.39, 0.29) is 23.2 Å². The minimum atomic E-state index is -0.190. The summed E-state index contributed by atoms with van der Waals surface area (Å²) in [7, 11) is 2.04. The number of aryl methyl sites for hydroxylation is 4. The Morgan fingerprint density at radius 3 is 2.11 bits per heavy atom. The number of hydrogen-bond donors (Lipinski definition) is 7. The number of nitrogens with two attached hydrogens (primary N) is 3. The first-order valence-electron chi connectivity index (χ1n) is 24.3. The Bertz CT molecular complexity index is 2890. The number of allylic oxidation sites excluding steroid dienone is 7. The SMILES string of the molecule is C[n+]1ccn(CCCNc2ccc(N=C3C=C4CCCN=C4C=C3N)cc2)c1.N=C1C(=Nc2cc3c(cc2N)NCCC3)C(=O)N2CCCCN12.Nc1cc2c(cc1N=C1C=CC(=O)C=C1)CCCN2. The van der Waals surface area contributed by atoms with Gasteiger partial charge in [-0.15, -0.1) is 0 Å². The van der Waals surface area contributed by atoms with Crippen LogP contribution >= 0.6 is 0 Å². The number of hydrogen-bond acceptors (Lipinski definition) is 13. The van der Waals surface area contributed by atoms with Gasteiger partial charge < -0.3 is 33.2 Å². The normalized spacial score (nSPS) is 19.0. The van der Waals surface area contributed by atoms with Crippen molar-refractivity contribution in [1.29, 1.82) is 5.41 Å². The predicted molar refractivity (Wildman–Crippen MR) is 282 cm³/mol. The molecular weight excluding hydrogens is 879 g/mol. The van der Waals surface area contributed by atoms with Crippen molar-refractivity contribution >= 4 is 85.9 Å². The summed E-state index contributed by atoms with van der Waals surface area (Å²) in [6, 6.07) is 16.0. The number of fused-ring (bicyclic) bond motifs is 4. The van der Waals surface area contributed by atoms with Gasteiger partial charge in [-0.25, -0.2) is 29.1 Å². The fourth-order valence-corrected chi connectivity index (χ4v) is 9.14. The number of anilines is 5. The van der Waals surface area contributed by atoms with E-state index in [1.807, 2.05) is 49.5 Å². The van der Waals surface area contributed by atoms with Crippen molar-refractivity contribution in [3.05, 3.63) is 126 Å². The number of amides is 1. The van der Waals surface area contributed by atoms with Gasteiger partial charge in [0, 0.05) is 62.8 Å². The van der Waals surface area contributed by atoms with Gasteiger partial charge in [0.2, 0.25) is 6.33 Å². The average Bonchev–Trinajstić information content (AvgIpc) is 3.90. The van der Waals surface area contributed by atoms with Gasteiger partial charge in [-0.3, -0.25) is 25.0 Å². The van der Waals surface area contributed by atoms with Crippen LogP contribution in [0, 0.1) is 5.41 Å². The van der Waals surface area contributed by atoms with E-state index in [0.29, 0.717) is 35.8 Å². The van der Waals surface area contributed by atoms with E-state index in [9.17, 15) is 9.59 Å². The van der Waals surface area contributed by atoms with E-state index >= 15 is 0 Å². The number of rotatable bonds is 8. The van der Waals surface area contributed by atoms with Crippen LogP contribution in [-0.2, 0) is 36.0 Å². The molecule has 7 aliphatic rings. The zero-order chi connectivity index (χ0) is 48.6. The number of aliphatic imine (C=N–C) groups is 4. The lowest BCUT2D eigenvalue weighted by Crippen LogP contribution is -2.45.